The van der Waals surface area contributed by atoms with Crippen molar-refractivity contribution in [1.82, 2.24) is 4.90 Å². The number of morpholine rings is 1. The van der Waals surface area contributed by atoms with Crippen molar-refractivity contribution < 1.29 is 18.3 Å². The van der Waals surface area contributed by atoms with Crippen LogP contribution in [-0.4, -0.2) is 37.8 Å². The Hall–Kier alpha value is -1.20. The summed E-state index contributed by atoms with van der Waals surface area (Å²) >= 11 is 0. The van der Waals surface area contributed by atoms with E-state index in [2.05, 4.69) is 9.64 Å². The van der Waals surface area contributed by atoms with Crippen molar-refractivity contribution in [2.24, 2.45) is 5.92 Å². The number of ether oxygens (including phenoxy) is 2. The second kappa shape index (κ2) is 6.06. The quantitative estimate of drug-likeness (QED) is 0.829. The lowest BCUT2D eigenvalue weighted by atomic mass is 10.1. The van der Waals surface area contributed by atoms with E-state index >= 15 is 0 Å². The molecule has 0 amide bonds. The molecule has 1 aromatic carbocycles. The van der Waals surface area contributed by atoms with Gasteiger partial charge in [0.1, 0.15) is 5.75 Å². The van der Waals surface area contributed by atoms with Crippen LogP contribution in [0, 0.1) is 5.92 Å². The Morgan fingerprint density at radius 3 is 2.65 bits per heavy atom. The zero-order chi connectivity index (χ0) is 13.9. The van der Waals surface area contributed by atoms with Crippen molar-refractivity contribution in [2.75, 3.05) is 26.2 Å². The Bertz CT molecular complexity index is 434. The van der Waals surface area contributed by atoms with Crippen LogP contribution in [0.3, 0.4) is 0 Å². The summed E-state index contributed by atoms with van der Waals surface area (Å²) in [7, 11) is 0. The summed E-state index contributed by atoms with van der Waals surface area (Å²) in [6.07, 6.45) is 2.73. The van der Waals surface area contributed by atoms with E-state index in [0.717, 1.165) is 37.7 Å². The molecule has 2 fully saturated rings. The molecule has 1 heterocycles. The van der Waals surface area contributed by atoms with Gasteiger partial charge in [0.2, 0.25) is 0 Å². The third-order valence-electron chi connectivity index (χ3n) is 3.84. The van der Waals surface area contributed by atoms with Crippen LogP contribution in [0.1, 0.15) is 24.5 Å². The zero-order valence-corrected chi connectivity index (χ0v) is 11.3. The number of nitrogens with zero attached hydrogens (tertiary/aromatic N) is 1. The van der Waals surface area contributed by atoms with Gasteiger partial charge in [0, 0.05) is 19.6 Å². The minimum Gasteiger partial charge on any atom is -0.435 e. The molecule has 1 atom stereocenters. The van der Waals surface area contributed by atoms with Gasteiger partial charge in [-0.15, -0.1) is 0 Å². The minimum atomic E-state index is -2.78. The number of halogens is 2. The lowest BCUT2D eigenvalue weighted by molar-refractivity contribution is -0.0500. The van der Waals surface area contributed by atoms with E-state index in [1.165, 1.54) is 12.8 Å². The highest BCUT2D eigenvalue weighted by Crippen LogP contribution is 2.32. The van der Waals surface area contributed by atoms with E-state index in [1.807, 2.05) is 12.1 Å². The van der Waals surface area contributed by atoms with Gasteiger partial charge in [0.05, 0.1) is 12.7 Å². The van der Waals surface area contributed by atoms with Crippen molar-refractivity contribution >= 4 is 0 Å². The molecule has 3 nitrogen and oxygen atoms in total. The third-order valence-corrected chi connectivity index (χ3v) is 3.84. The van der Waals surface area contributed by atoms with E-state index in [0.29, 0.717) is 0 Å². The van der Waals surface area contributed by atoms with E-state index in [9.17, 15) is 8.78 Å². The zero-order valence-electron chi connectivity index (χ0n) is 11.3. The Balaban J connectivity index is 1.59. The molecule has 3 rings (SSSR count). The lowest BCUT2D eigenvalue weighted by Crippen LogP contribution is -2.39. The fourth-order valence-electron chi connectivity index (χ4n) is 2.60. The Labute approximate surface area is 117 Å². The highest BCUT2D eigenvalue weighted by Gasteiger charge is 2.28. The molecule has 0 bridgehead atoms. The van der Waals surface area contributed by atoms with E-state index < -0.39 is 6.61 Å². The molecule has 1 aliphatic carbocycles. The average molecular weight is 283 g/mol. The maximum Gasteiger partial charge on any atom is 0.387 e. The number of hydrogen-bond acceptors (Lipinski definition) is 3. The van der Waals surface area contributed by atoms with Crippen molar-refractivity contribution in [2.45, 2.75) is 25.6 Å². The normalized spacial score (nSPS) is 24.1. The summed E-state index contributed by atoms with van der Waals surface area (Å²) < 4.78 is 34.3. The fraction of sp³-hybridized carbons (Fsp3) is 0.600. The largest absolute Gasteiger partial charge is 0.435 e. The molecule has 5 heteroatoms. The van der Waals surface area contributed by atoms with Crippen LogP contribution in [0.5, 0.6) is 5.75 Å². The van der Waals surface area contributed by atoms with E-state index in [1.54, 1.807) is 12.1 Å². The first-order valence-electron chi connectivity index (χ1n) is 7.09. The maximum atomic E-state index is 12.1. The third kappa shape index (κ3) is 3.67. The molecule has 1 saturated carbocycles. The van der Waals surface area contributed by atoms with Crippen molar-refractivity contribution in [3.8, 4) is 5.75 Å². The molecule has 0 aromatic heterocycles. The molecule has 0 radical (unpaired) electrons. The second-order valence-electron chi connectivity index (χ2n) is 5.51. The van der Waals surface area contributed by atoms with Crippen LogP contribution in [0.15, 0.2) is 24.3 Å². The van der Waals surface area contributed by atoms with E-state index in [-0.39, 0.29) is 11.9 Å². The average Bonchev–Trinajstić information content (AvgIpc) is 3.23. The second-order valence-corrected chi connectivity index (χ2v) is 5.51. The van der Waals surface area contributed by atoms with Crippen molar-refractivity contribution in [1.29, 1.82) is 0 Å². The molecule has 0 unspecified atom stereocenters. The first-order valence-corrected chi connectivity index (χ1v) is 7.09. The highest BCUT2D eigenvalue weighted by atomic mass is 19.3. The maximum absolute atomic E-state index is 12.1. The summed E-state index contributed by atoms with van der Waals surface area (Å²) in [4.78, 5) is 2.44. The smallest absolute Gasteiger partial charge is 0.387 e. The van der Waals surface area contributed by atoms with Gasteiger partial charge in [-0.2, -0.15) is 8.78 Å². The first kappa shape index (κ1) is 13.8. The topological polar surface area (TPSA) is 21.7 Å². The summed E-state index contributed by atoms with van der Waals surface area (Å²) in [5.41, 5.74) is 1.02. The van der Waals surface area contributed by atoms with Crippen LogP contribution in [0.25, 0.3) is 0 Å². The highest BCUT2D eigenvalue weighted by molar-refractivity contribution is 5.29. The molecular formula is C15H19F2NO2. The van der Waals surface area contributed by atoms with Gasteiger partial charge in [0.25, 0.3) is 0 Å². The van der Waals surface area contributed by atoms with Crippen LogP contribution >= 0.6 is 0 Å². The number of alkyl halides is 2. The molecule has 20 heavy (non-hydrogen) atoms. The van der Waals surface area contributed by atoms with Crippen LogP contribution in [0.2, 0.25) is 0 Å². The van der Waals surface area contributed by atoms with Crippen molar-refractivity contribution in [3.05, 3.63) is 29.8 Å². The van der Waals surface area contributed by atoms with Gasteiger partial charge in [0.15, 0.2) is 0 Å². The van der Waals surface area contributed by atoms with Gasteiger partial charge < -0.3 is 9.47 Å². The Morgan fingerprint density at radius 2 is 2.00 bits per heavy atom. The molecule has 1 aromatic rings. The Kier molecular flexibility index (Phi) is 4.17. The molecule has 0 N–H and O–H groups in total. The SMILES string of the molecule is FC(F)Oc1ccc([C@H]2CN(CC3CC3)CCO2)cc1. The molecule has 0 spiro atoms. The lowest BCUT2D eigenvalue weighted by Gasteiger charge is -2.33. The van der Waals surface area contributed by atoms with Gasteiger partial charge in [-0.05, 0) is 36.5 Å². The number of hydrogen-bond donors (Lipinski definition) is 0. The summed E-state index contributed by atoms with van der Waals surface area (Å²) in [5, 5.41) is 0. The summed E-state index contributed by atoms with van der Waals surface area (Å²) in [5.74, 6) is 1.06. The number of benzene rings is 1. The number of rotatable bonds is 5. The molecule has 1 saturated heterocycles. The van der Waals surface area contributed by atoms with Gasteiger partial charge in [-0.1, -0.05) is 12.1 Å². The van der Waals surface area contributed by atoms with Crippen LogP contribution in [0.4, 0.5) is 8.78 Å². The molecule has 2 aliphatic rings. The standard InChI is InChI=1S/C15H19F2NO2/c16-15(17)20-13-5-3-12(4-6-13)14-10-18(7-8-19-14)9-11-1-2-11/h3-6,11,14-15H,1-2,7-10H2/t14-/m1/s1. The molecule has 110 valence electrons. The van der Waals surface area contributed by atoms with Gasteiger partial charge in [-0.3, -0.25) is 4.90 Å². The van der Waals surface area contributed by atoms with Crippen molar-refractivity contribution in [3.63, 3.8) is 0 Å². The summed E-state index contributed by atoms with van der Waals surface area (Å²) in [6, 6.07) is 6.77. The van der Waals surface area contributed by atoms with E-state index in [4.69, 9.17) is 4.74 Å². The first-order chi connectivity index (χ1) is 9.70. The summed E-state index contributed by atoms with van der Waals surface area (Å²) in [6.45, 7) is 0.977. The van der Waals surface area contributed by atoms with Gasteiger partial charge in [-0.25, -0.2) is 0 Å². The Morgan fingerprint density at radius 1 is 1.25 bits per heavy atom. The predicted molar refractivity (Wildman–Crippen MR) is 70.9 cm³/mol. The van der Waals surface area contributed by atoms with Gasteiger partial charge >= 0.3 is 6.61 Å². The monoisotopic (exact) mass is 283 g/mol. The molecule has 1 aliphatic heterocycles. The minimum absolute atomic E-state index is 0.0306. The van der Waals surface area contributed by atoms with Crippen LogP contribution < -0.4 is 4.74 Å². The van der Waals surface area contributed by atoms with Crippen LogP contribution in [-0.2, 0) is 4.74 Å². The predicted octanol–water partition coefficient (Wildman–Crippen LogP) is 3.07. The molecular weight excluding hydrogens is 264 g/mol. The fourth-order valence-corrected chi connectivity index (χ4v) is 2.60.